The molecule has 9 nitrogen and oxygen atoms in total. The largest absolute Gasteiger partial charge is 0.493 e. The number of nitrogens with one attached hydrogen (secondary N) is 2. The van der Waals surface area contributed by atoms with Gasteiger partial charge < -0.3 is 14.8 Å². The predicted molar refractivity (Wildman–Crippen MR) is 111 cm³/mol. The van der Waals surface area contributed by atoms with E-state index in [2.05, 4.69) is 15.0 Å². The number of rotatable bonds is 5. The highest BCUT2D eigenvalue weighted by Crippen LogP contribution is 2.31. The maximum atomic E-state index is 12.3. The normalized spacial score (nSPS) is 20.5. The molecule has 2 aliphatic rings. The highest BCUT2D eigenvalue weighted by molar-refractivity contribution is 7.90. The molecule has 2 atom stereocenters. The van der Waals surface area contributed by atoms with Crippen LogP contribution >= 0.6 is 0 Å². The molecule has 4 rings (SSSR count). The van der Waals surface area contributed by atoms with Crippen LogP contribution in [0.1, 0.15) is 30.5 Å². The number of ether oxygens (including phenoxy) is 2. The van der Waals surface area contributed by atoms with Gasteiger partial charge in [0, 0.05) is 17.5 Å². The molecule has 2 heterocycles. The van der Waals surface area contributed by atoms with Crippen LogP contribution in [-0.4, -0.2) is 45.4 Å². The Hall–Kier alpha value is -3.40. The van der Waals surface area contributed by atoms with E-state index >= 15 is 0 Å². The maximum absolute atomic E-state index is 12.3. The zero-order valence-electron chi connectivity index (χ0n) is 16.7. The summed E-state index contributed by atoms with van der Waals surface area (Å²) in [6.07, 6.45) is 0.611. The highest BCUT2D eigenvalue weighted by atomic mass is 32.2. The number of nitrogens with zero attached hydrogens (tertiary/aromatic N) is 1. The van der Waals surface area contributed by atoms with Crippen molar-refractivity contribution >= 4 is 27.7 Å². The summed E-state index contributed by atoms with van der Waals surface area (Å²) < 4.78 is 37.3. The summed E-state index contributed by atoms with van der Waals surface area (Å²) in [6.45, 7) is 1.49. The van der Waals surface area contributed by atoms with Gasteiger partial charge in [-0.3, -0.25) is 14.5 Å². The molecule has 10 heteroatoms. The van der Waals surface area contributed by atoms with E-state index in [1.807, 2.05) is 24.3 Å². The Morgan fingerprint density at radius 2 is 1.97 bits per heavy atom. The van der Waals surface area contributed by atoms with Crippen LogP contribution in [0.15, 0.2) is 58.4 Å². The van der Waals surface area contributed by atoms with Crippen molar-refractivity contribution in [1.82, 2.24) is 10.0 Å². The molecule has 2 aromatic carbocycles. The number of aliphatic imine (C=N–C) groups is 1. The van der Waals surface area contributed by atoms with E-state index < -0.39 is 34.5 Å². The van der Waals surface area contributed by atoms with E-state index in [0.29, 0.717) is 18.6 Å². The number of fused-ring (bicyclic) bond motifs is 2. The Bertz CT molecular complexity index is 1160. The van der Waals surface area contributed by atoms with Crippen LogP contribution in [0.3, 0.4) is 0 Å². The number of esters is 1. The smallest absolute Gasteiger partial charge is 0.331 e. The van der Waals surface area contributed by atoms with E-state index in [-0.39, 0.29) is 16.8 Å². The minimum absolute atomic E-state index is 0.0725. The number of amidine groups is 1. The maximum Gasteiger partial charge on any atom is 0.331 e. The van der Waals surface area contributed by atoms with Crippen molar-refractivity contribution in [3.63, 3.8) is 0 Å². The van der Waals surface area contributed by atoms with Gasteiger partial charge in [-0.1, -0.05) is 30.3 Å². The SMILES string of the molecule is C[C@H](N=C1NS(=O)(=O)c2ccccc21)C(=O)OCC(=O)NC1CCOc2ccccc21. The Morgan fingerprint density at radius 3 is 2.81 bits per heavy atom. The second-order valence-corrected chi connectivity index (χ2v) is 8.81. The Labute approximate surface area is 179 Å². The summed E-state index contributed by atoms with van der Waals surface area (Å²) in [5.74, 6) is -0.386. The lowest BCUT2D eigenvalue weighted by Crippen LogP contribution is -2.36. The van der Waals surface area contributed by atoms with Crippen LogP contribution < -0.4 is 14.8 Å². The Balaban J connectivity index is 1.35. The molecule has 0 aromatic heterocycles. The first-order valence-electron chi connectivity index (χ1n) is 9.73. The summed E-state index contributed by atoms with van der Waals surface area (Å²) in [5.41, 5.74) is 1.26. The van der Waals surface area contributed by atoms with Gasteiger partial charge in [0.1, 0.15) is 17.6 Å². The minimum atomic E-state index is -3.70. The third-order valence-corrected chi connectivity index (χ3v) is 6.36. The molecule has 0 fully saturated rings. The van der Waals surface area contributed by atoms with Gasteiger partial charge in [0.2, 0.25) is 0 Å². The second-order valence-electron chi connectivity index (χ2n) is 7.16. The topological polar surface area (TPSA) is 123 Å². The summed E-state index contributed by atoms with van der Waals surface area (Å²) in [7, 11) is -3.70. The van der Waals surface area contributed by atoms with E-state index in [9.17, 15) is 18.0 Å². The molecule has 2 aromatic rings. The lowest BCUT2D eigenvalue weighted by molar-refractivity contribution is -0.149. The number of sulfonamides is 1. The standard InChI is InChI=1S/C21H21N3O6S/c1-13(22-20-15-7-3-5-9-18(15)31(27,28)24-20)21(26)30-12-19(25)23-16-10-11-29-17-8-4-2-6-14(16)17/h2-9,13,16H,10-12H2,1H3,(H,22,24)(H,23,25)/t13-,16?/m0/s1. The van der Waals surface area contributed by atoms with Gasteiger partial charge in [0.05, 0.1) is 17.5 Å². The van der Waals surface area contributed by atoms with Crippen molar-refractivity contribution in [2.75, 3.05) is 13.2 Å². The molecule has 0 saturated heterocycles. The second kappa shape index (κ2) is 8.38. The summed E-state index contributed by atoms with van der Waals surface area (Å²) in [4.78, 5) is 28.8. The van der Waals surface area contributed by atoms with Crippen LogP contribution in [-0.2, 0) is 24.3 Å². The summed E-state index contributed by atoms with van der Waals surface area (Å²) >= 11 is 0. The zero-order valence-corrected chi connectivity index (χ0v) is 17.5. The molecular weight excluding hydrogens is 422 g/mol. The average molecular weight is 443 g/mol. The Morgan fingerprint density at radius 1 is 1.23 bits per heavy atom. The van der Waals surface area contributed by atoms with Gasteiger partial charge >= 0.3 is 5.97 Å². The Kier molecular flexibility index (Phi) is 5.64. The first-order valence-corrected chi connectivity index (χ1v) is 11.2. The van der Waals surface area contributed by atoms with Gasteiger partial charge in [-0.05, 0) is 25.1 Å². The number of amides is 1. The van der Waals surface area contributed by atoms with E-state index in [0.717, 1.165) is 11.3 Å². The molecule has 31 heavy (non-hydrogen) atoms. The van der Waals surface area contributed by atoms with Crippen LogP contribution in [0, 0.1) is 0 Å². The van der Waals surface area contributed by atoms with Gasteiger partial charge in [0.15, 0.2) is 6.61 Å². The van der Waals surface area contributed by atoms with Crippen molar-refractivity contribution in [3.05, 3.63) is 59.7 Å². The molecule has 1 amide bonds. The number of carbonyl (C=O) groups is 2. The minimum Gasteiger partial charge on any atom is -0.493 e. The van der Waals surface area contributed by atoms with Crippen molar-refractivity contribution < 1.29 is 27.5 Å². The van der Waals surface area contributed by atoms with Crippen molar-refractivity contribution in [3.8, 4) is 5.75 Å². The molecular formula is C21H21N3O6S. The quantitative estimate of drug-likeness (QED) is 0.672. The van der Waals surface area contributed by atoms with E-state index in [1.54, 1.807) is 18.2 Å². The van der Waals surface area contributed by atoms with E-state index in [1.165, 1.54) is 13.0 Å². The molecule has 0 radical (unpaired) electrons. The first-order chi connectivity index (χ1) is 14.8. The fourth-order valence-corrected chi connectivity index (χ4v) is 4.70. The summed E-state index contributed by atoms with van der Waals surface area (Å²) in [5, 5.41) is 2.84. The van der Waals surface area contributed by atoms with Crippen LogP contribution in [0.5, 0.6) is 5.75 Å². The summed E-state index contributed by atoms with van der Waals surface area (Å²) in [6, 6.07) is 12.6. The van der Waals surface area contributed by atoms with Crippen molar-refractivity contribution in [1.29, 1.82) is 0 Å². The molecule has 0 spiro atoms. The molecule has 2 N–H and O–H groups in total. The van der Waals surface area contributed by atoms with Crippen LogP contribution in [0.4, 0.5) is 0 Å². The molecule has 0 saturated carbocycles. The number of para-hydroxylation sites is 1. The van der Waals surface area contributed by atoms with Crippen LogP contribution in [0.2, 0.25) is 0 Å². The predicted octanol–water partition coefficient (Wildman–Crippen LogP) is 1.30. The monoisotopic (exact) mass is 443 g/mol. The first kappa shape index (κ1) is 20.9. The van der Waals surface area contributed by atoms with E-state index in [4.69, 9.17) is 9.47 Å². The fraction of sp³-hybridized carbons (Fsp3) is 0.286. The van der Waals surface area contributed by atoms with Crippen molar-refractivity contribution in [2.45, 2.75) is 30.3 Å². The molecule has 0 aliphatic carbocycles. The average Bonchev–Trinajstić information content (AvgIpc) is 3.02. The van der Waals surface area contributed by atoms with Gasteiger partial charge in [-0.25, -0.2) is 13.2 Å². The lowest BCUT2D eigenvalue weighted by atomic mass is 10.0. The van der Waals surface area contributed by atoms with Gasteiger partial charge in [-0.2, -0.15) is 0 Å². The molecule has 162 valence electrons. The van der Waals surface area contributed by atoms with Gasteiger partial charge in [0.25, 0.3) is 15.9 Å². The number of benzene rings is 2. The fourth-order valence-electron chi connectivity index (χ4n) is 3.46. The molecule has 1 unspecified atom stereocenters. The molecule has 0 bridgehead atoms. The third kappa shape index (κ3) is 4.38. The highest BCUT2D eigenvalue weighted by Gasteiger charge is 2.31. The zero-order chi connectivity index (χ0) is 22.0. The third-order valence-electron chi connectivity index (χ3n) is 4.97. The lowest BCUT2D eigenvalue weighted by Gasteiger charge is -2.26. The van der Waals surface area contributed by atoms with Crippen LogP contribution in [0.25, 0.3) is 0 Å². The van der Waals surface area contributed by atoms with Gasteiger partial charge in [-0.15, -0.1) is 0 Å². The number of hydrogen-bond acceptors (Lipinski definition) is 7. The molecule has 2 aliphatic heterocycles. The van der Waals surface area contributed by atoms with Crippen molar-refractivity contribution in [2.24, 2.45) is 4.99 Å². The number of carbonyl (C=O) groups excluding carboxylic acids is 2. The number of hydrogen-bond donors (Lipinski definition) is 2.